The Kier molecular flexibility index (Phi) is 4.48. The first-order valence-electron chi connectivity index (χ1n) is 8.22. The van der Waals surface area contributed by atoms with Crippen molar-refractivity contribution in [2.75, 3.05) is 12.4 Å². The fourth-order valence-electron chi connectivity index (χ4n) is 2.82. The van der Waals surface area contributed by atoms with Crippen LogP contribution in [0.4, 0.5) is 5.69 Å². The molecule has 2 heterocycles. The number of para-hydroxylation sites is 1. The zero-order chi connectivity index (χ0) is 18.8. The van der Waals surface area contributed by atoms with Crippen LogP contribution in [-0.2, 0) is 0 Å². The van der Waals surface area contributed by atoms with Gasteiger partial charge < -0.3 is 14.5 Å². The molecule has 6 heteroatoms. The van der Waals surface area contributed by atoms with Crippen LogP contribution in [-0.4, -0.2) is 13.0 Å². The molecule has 5 nitrogen and oxygen atoms in total. The van der Waals surface area contributed by atoms with E-state index in [1.807, 2.05) is 35.7 Å². The van der Waals surface area contributed by atoms with Crippen LogP contribution in [0, 0.1) is 0 Å². The zero-order valence-corrected chi connectivity index (χ0v) is 15.2. The third-order valence-corrected chi connectivity index (χ3v) is 4.97. The third kappa shape index (κ3) is 3.35. The van der Waals surface area contributed by atoms with Gasteiger partial charge in [-0.3, -0.25) is 9.59 Å². The fraction of sp³-hybridized carbons (Fsp3) is 0.0476. The predicted molar refractivity (Wildman–Crippen MR) is 107 cm³/mol. The van der Waals surface area contributed by atoms with Gasteiger partial charge in [-0.15, -0.1) is 11.3 Å². The summed E-state index contributed by atoms with van der Waals surface area (Å²) < 4.78 is 11.3. The van der Waals surface area contributed by atoms with Gasteiger partial charge in [-0.1, -0.05) is 18.2 Å². The number of fused-ring (bicyclic) bond motifs is 1. The Morgan fingerprint density at radius 3 is 2.70 bits per heavy atom. The van der Waals surface area contributed by atoms with Crippen molar-refractivity contribution in [3.05, 3.63) is 81.1 Å². The molecule has 2 aromatic carbocycles. The topological polar surface area (TPSA) is 68.5 Å². The van der Waals surface area contributed by atoms with Gasteiger partial charge in [0.15, 0.2) is 5.43 Å². The number of carbonyl (C=O) groups excluding carboxylic acids is 1. The molecule has 4 rings (SSSR count). The quantitative estimate of drug-likeness (QED) is 0.556. The van der Waals surface area contributed by atoms with E-state index >= 15 is 0 Å². The number of ether oxygens (including phenoxy) is 1. The van der Waals surface area contributed by atoms with E-state index in [1.54, 1.807) is 31.4 Å². The smallest absolute Gasteiger partial charge is 0.265 e. The lowest BCUT2D eigenvalue weighted by molar-refractivity contribution is 0.103. The first-order valence-corrected chi connectivity index (χ1v) is 9.10. The molecule has 2 aromatic heterocycles. The van der Waals surface area contributed by atoms with Gasteiger partial charge in [-0.25, -0.2) is 0 Å². The predicted octanol–water partition coefficient (Wildman–Crippen LogP) is 4.78. The van der Waals surface area contributed by atoms with Gasteiger partial charge in [-0.2, -0.15) is 0 Å². The lowest BCUT2D eigenvalue weighted by atomic mass is 10.1. The van der Waals surface area contributed by atoms with Gasteiger partial charge in [-0.05, 0) is 41.8 Å². The Labute approximate surface area is 158 Å². The lowest BCUT2D eigenvalue weighted by Gasteiger charge is -2.09. The van der Waals surface area contributed by atoms with E-state index in [1.165, 1.54) is 17.4 Å². The molecule has 0 fully saturated rings. The van der Waals surface area contributed by atoms with Crippen LogP contribution < -0.4 is 15.5 Å². The Morgan fingerprint density at radius 2 is 1.93 bits per heavy atom. The molecule has 0 aliphatic rings. The number of hydrogen-bond acceptors (Lipinski definition) is 5. The van der Waals surface area contributed by atoms with Crippen molar-refractivity contribution in [3.63, 3.8) is 0 Å². The first-order chi connectivity index (χ1) is 13.2. The maximum absolute atomic E-state index is 12.6. The minimum Gasteiger partial charge on any atom is -0.496 e. The van der Waals surface area contributed by atoms with Crippen molar-refractivity contribution in [1.29, 1.82) is 0 Å². The standard InChI is InChI=1S/C21H15NO4S/c1-25-17-6-3-2-5-14(17)19-12-16(23)15-11-13(8-9-18(15)26-19)22-21(24)20-7-4-10-27-20/h2-12H,1H3,(H,22,24). The van der Waals surface area contributed by atoms with Gasteiger partial charge in [0, 0.05) is 11.8 Å². The molecule has 0 atom stereocenters. The molecule has 0 aliphatic heterocycles. The zero-order valence-electron chi connectivity index (χ0n) is 14.4. The molecule has 0 radical (unpaired) electrons. The van der Waals surface area contributed by atoms with E-state index in [2.05, 4.69) is 5.32 Å². The van der Waals surface area contributed by atoms with Crippen LogP contribution in [0.25, 0.3) is 22.3 Å². The molecule has 0 saturated carbocycles. The van der Waals surface area contributed by atoms with Crippen molar-refractivity contribution >= 4 is 33.9 Å². The summed E-state index contributed by atoms with van der Waals surface area (Å²) in [7, 11) is 1.57. The van der Waals surface area contributed by atoms with E-state index in [9.17, 15) is 9.59 Å². The minimum atomic E-state index is -0.209. The van der Waals surface area contributed by atoms with Crippen LogP contribution in [0.5, 0.6) is 5.75 Å². The van der Waals surface area contributed by atoms with Crippen molar-refractivity contribution < 1.29 is 13.9 Å². The van der Waals surface area contributed by atoms with Crippen LogP contribution in [0.15, 0.2) is 75.3 Å². The molecule has 0 spiro atoms. The normalized spacial score (nSPS) is 10.7. The number of methoxy groups -OCH3 is 1. The summed E-state index contributed by atoms with van der Waals surface area (Å²) in [4.78, 5) is 25.4. The molecule has 0 aliphatic carbocycles. The molecular weight excluding hydrogens is 362 g/mol. The van der Waals surface area contributed by atoms with Gasteiger partial charge in [0.2, 0.25) is 0 Å². The van der Waals surface area contributed by atoms with Crippen molar-refractivity contribution in [2.24, 2.45) is 0 Å². The number of hydrogen-bond donors (Lipinski definition) is 1. The van der Waals surface area contributed by atoms with Gasteiger partial charge in [0.25, 0.3) is 5.91 Å². The summed E-state index contributed by atoms with van der Waals surface area (Å²) in [5.41, 5.74) is 1.49. The lowest BCUT2D eigenvalue weighted by Crippen LogP contribution is -2.10. The molecule has 4 aromatic rings. The number of nitrogens with one attached hydrogen (secondary N) is 1. The number of carbonyl (C=O) groups is 1. The summed E-state index contributed by atoms with van der Waals surface area (Å²) >= 11 is 1.36. The first kappa shape index (κ1) is 17.1. The molecule has 1 amide bonds. The highest BCUT2D eigenvalue weighted by Crippen LogP contribution is 2.31. The second-order valence-electron chi connectivity index (χ2n) is 5.82. The average molecular weight is 377 g/mol. The van der Waals surface area contributed by atoms with E-state index in [0.29, 0.717) is 38.6 Å². The van der Waals surface area contributed by atoms with Crippen molar-refractivity contribution in [2.45, 2.75) is 0 Å². The highest BCUT2D eigenvalue weighted by atomic mass is 32.1. The summed E-state index contributed by atoms with van der Waals surface area (Å²) in [6, 6.07) is 17.4. The maximum Gasteiger partial charge on any atom is 0.265 e. The number of rotatable bonds is 4. The van der Waals surface area contributed by atoms with Crippen LogP contribution in [0.1, 0.15) is 9.67 Å². The van der Waals surface area contributed by atoms with E-state index in [0.717, 1.165) is 0 Å². The fourth-order valence-corrected chi connectivity index (χ4v) is 3.43. The molecule has 27 heavy (non-hydrogen) atoms. The van der Waals surface area contributed by atoms with Crippen molar-refractivity contribution in [3.8, 4) is 17.1 Å². The number of benzene rings is 2. The van der Waals surface area contributed by atoms with Crippen LogP contribution in [0.3, 0.4) is 0 Å². The second kappa shape index (κ2) is 7.09. The maximum atomic E-state index is 12.6. The number of amides is 1. The Balaban J connectivity index is 1.72. The monoisotopic (exact) mass is 377 g/mol. The van der Waals surface area contributed by atoms with Crippen LogP contribution in [0.2, 0.25) is 0 Å². The second-order valence-corrected chi connectivity index (χ2v) is 6.77. The Morgan fingerprint density at radius 1 is 1.07 bits per heavy atom. The molecule has 0 unspecified atom stereocenters. The summed E-state index contributed by atoms with van der Waals surface area (Å²) in [6.45, 7) is 0. The summed E-state index contributed by atoms with van der Waals surface area (Å²) in [5.74, 6) is 0.847. The third-order valence-electron chi connectivity index (χ3n) is 4.10. The Hall–Kier alpha value is -3.38. The largest absolute Gasteiger partial charge is 0.496 e. The summed E-state index contributed by atoms with van der Waals surface area (Å²) in [6.07, 6.45) is 0. The molecule has 0 bridgehead atoms. The molecule has 134 valence electrons. The number of thiophene rings is 1. The van der Waals surface area contributed by atoms with E-state index in [-0.39, 0.29) is 11.3 Å². The molecule has 1 N–H and O–H groups in total. The van der Waals surface area contributed by atoms with Gasteiger partial charge in [0.1, 0.15) is 17.1 Å². The minimum absolute atomic E-state index is 0.190. The van der Waals surface area contributed by atoms with Gasteiger partial charge in [0.05, 0.1) is 22.9 Å². The summed E-state index contributed by atoms with van der Waals surface area (Å²) in [5, 5.41) is 5.04. The number of anilines is 1. The van der Waals surface area contributed by atoms with Crippen molar-refractivity contribution in [1.82, 2.24) is 0 Å². The van der Waals surface area contributed by atoms with Gasteiger partial charge >= 0.3 is 0 Å². The van der Waals surface area contributed by atoms with E-state index < -0.39 is 0 Å². The van der Waals surface area contributed by atoms with E-state index in [4.69, 9.17) is 9.15 Å². The highest BCUT2D eigenvalue weighted by Gasteiger charge is 2.13. The van der Waals surface area contributed by atoms with Crippen LogP contribution >= 0.6 is 11.3 Å². The average Bonchev–Trinajstić information content (AvgIpc) is 3.23. The Bertz CT molecular complexity index is 1180. The molecule has 0 saturated heterocycles. The SMILES string of the molecule is COc1ccccc1-c1cc(=O)c2cc(NC(=O)c3cccs3)ccc2o1. The highest BCUT2D eigenvalue weighted by molar-refractivity contribution is 7.12. The molecular formula is C21H15NO4S.